The molecule has 0 bridgehead atoms. The molecule has 1 heterocycles. The van der Waals surface area contributed by atoms with E-state index in [1.165, 1.54) is 32.1 Å². The van der Waals surface area contributed by atoms with E-state index in [1.807, 2.05) is 0 Å². The minimum atomic E-state index is -0.116. The van der Waals surface area contributed by atoms with Crippen molar-refractivity contribution >= 4 is 0 Å². The van der Waals surface area contributed by atoms with Crippen molar-refractivity contribution in [1.29, 1.82) is 0 Å². The third-order valence-corrected chi connectivity index (χ3v) is 10.1. The number of fused-ring (bicyclic) bond motifs is 5. The van der Waals surface area contributed by atoms with Crippen LogP contribution in [-0.4, -0.2) is 35.1 Å². The lowest BCUT2D eigenvalue weighted by Gasteiger charge is -2.55. The Hall–Kier alpha value is -0.640. The number of epoxide rings is 1. The summed E-state index contributed by atoms with van der Waals surface area (Å²) >= 11 is 0. The van der Waals surface area contributed by atoms with Gasteiger partial charge in [-0.05, 0) is 97.0 Å². The molecule has 9 atom stereocenters. The van der Waals surface area contributed by atoms with Gasteiger partial charge in [0.2, 0.25) is 0 Å². The highest BCUT2D eigenvalue weighted by Crippen LogP contribution is 2.65. The molecule has 5 rings (SSSR count). The second-order valence-electron chi connectivity index (χ2n) is 11.4. The SMILES string of the molecule is CC1C(O)CCC2(C)C3=CCC4(C)C(CCCC5OC5CO)CCC4C3=CCC12. The standard InChI is InChI=1S/C26H40O3/c1-16-19-10-8-18-20-9-7-17(5-4-6-23-24(15-27)29-23)25(20,2)13-11-21(18)26(19,3)14-12-22(16)28/h8,11,16-17,19-20,22-24,27-28H,4-7,9-10,12-15H2,1-3H3. The fourth-order valence-electron chi connectivity index (χ4n) is 8.01. The van der Waals surface area contributed by atoms with Crippen molar-refractivity contribution in [2.24, 2.45) is 34.5 Å². The number of hydrogen-bond acceptors (Lipinski definition) is 3. The number of hydrogen-bond donors (Lipinski definition) is 2. The first-order chi connectivity index (χ1) is 13.9. The van der Waals surface area contributed by atoms with Crippen molar-refractivity contribution in [3.8, 4) is 0 Å². The van der Waals surface area contributed by atoms with E-state index in [4.69, 9.17) is 4.74 Å². The summed E-state index contributed by atoms with van der Waals surface area (Å²) in [5.74, 6) is 2.55. The normalized spacial score (nSPS) is 50.9. The van der Waals surface area contributed by atoms with Crippen LogP contribution in [0.1, 0.15) is 78.6 Å². The zero-order chi connectivity index (χ0) is 20.4. The van der Waals surface area contributed by atoms with E-state index >= 15 is 0 Å². The number of allylic oxidation sites excluding steroid dienone is 4. The Morgan fingerprint density at radius 1 is 1.10 bits per heavy atom. The molecule has 1 aliphatic heterocycles. The van der Waals surface area contributed by atoms with Crippen LogP contribution in [0.4, 0.5) is 0 Å². The molecule has 9 unspecified atom stereocenters. The van der Waals surface area contributed by atoms with Gasteiger partial charge in [-0.3, -0.25) is 0 Å². The van der Waals surface area contributed by atoms with Gasteiger partial charge in [0.1, 0.15) is 6.10 Å². The summed E-state index contributed by atoms with van der Waals surface area (Å²) in [6.07, 6.45) is 16.4. The van der Waals surface area contributed by atoms with Crippen LogP contribution in [0.2, 0.25) is 0 Å². The van der Waals surface area contributed by atoms with Crippen molar-refractivity contribution < 1.29 is 14.9 Å². The Balaban J connectivity index is 1.31. The highest BCUT2D eigenvalue weighted by Gasteiger charge is 2.55. The van der Waals surface area contributed by atoms with Gasteiger partial charge in [-0.25, -0.2) is 0 Å². The summed E-state index contributed by atoms with van der Waals surface area (Å²) in [6, 6.07) is 0. The van der Waals surface area contributed by atoms with Crippen molar-refractivity contribution in [3.63, 3.8) is 0 Å². The first-order valence-corrected chi connectivity index (χ1v) is 12.2. The minimum absolute atomic E-state index is 0.116. The number of aliphatic hydroxyl groups is 2. The van der Waals surface area contributed by atoms with E-state index in [0.29, 0.717) is 23.4 Å². The Kier molecular flexibility index (Phi) is 5.04. The highest BCUT2D eigenvalue weighted by molar-refractivity contribution is 5.46. The third-order valence-electron chi connectivity index (χ3n) is 10.1. The number of aliphatic hydroxyl groups excluding tert-OH is 2. The average molecular weight is 401 g/mol. The van der Waals surface area contributed by atoms with Crippen molar-refractivity contribution in [2.75, 3.05) is 6.61 Å². The Morgan fingerprint density at radius 3 is 2.69 bits per heavy atom. The van der Waals surface area contributed by atoms with Gasteiger partial charge in [0, 0.05) is 0 Å². The van der Waals surface area contributed by atoms with E-state index in [9.17, 15) is 10.2 Å². The minimum Gasteiger partial charge on any atom is -0.394 e. The monoisotopic (exact) mass is 400 g/mol. The molecule has 5 aliphatic rings. The molecule has 1 saturated heterocycles. The van der Waals surface area contributed by atoms with Crippen molar-refractivity contribution in [2.45, 2.75) is 96.9 Å². The van der Waals surface area contributed by atoms with Gasteiger partial charge in [-0.1, -0.05) is 39.3 Å². The van der Waals surface area contributed by atoms with Crippen LogP contribution in [0.25, 0.3) is 0 Å². The molecular formula is C26H40O3. The van der Waals surface area contributed by atoms with Crippen LogP contribution < -0.4 is 0 Å². The van der Waals surface area contributed by atoms with Crippen LogP contribution in [0.3, 0.4) is 0 Å². The van der Waals surface area contributed by atoms with E-state index in [0.717, 1.165) is 37.5 Å². The first kappa shape index (κ1) is 20.3. The fourth-order valence-corrected chi connectivity index (χ4v) is 8.01. The summed E-state index contributed by atoms with van der Waals surface area (Å²) in [5, 5.41) is 19.6. The molecule has 162 valence electrons. The summed E-state index contributed by atoms with van der Waals surface area (Å²) in [6.45, 7) is 7.52. The molecular weight excluding hydrogens is 360 g/mol. The average Bonchev–Trinajstić information content (AvgIpc) is 3.38. The maximum atomic E-state index is 10.4. The Morgan fingerprint density at radius 2 is 1.93 bits per heavy atom. The molecule has 2 N–H and O–H groups in total. The molecule has 3 nitrogen and oxygen atoms in total. The molecule has 0 aromatic rings. The Labute approximate surface area is 176 Å². The van der Waals surface area contributed by atoms with Gasteiger partial charge in [-0.15, -0.1) is 0 Å². The second kappa shape index (κ2) is 7.21. The van der Waals surface area contributed by atoms with Gasteiger partial charge < -0.3 is 14.9 Å². The van der Waals surface area contributed by atoms with Gasteiger partial charge >= 0.3 is 0 Å². The molecule has 0 radical (unpaired) electrons. The molecule has 29 heavy (non-hydrogen) atoms. The van der Waals surface area contributed by atoms with Crippen LogP contribution in [-0.2, 0) is 4.74 Å². The molecule has 0 aromatic carbocycles. The quantitative estimate of drug-likeness (QED) is 0.637. The van der Waals surface area contributed by atoms with Crippen LogP contribution in [0, 0.1) is 34.5 Å². The number of ether oxygens (including phenoxy) is 1. The summed E-state index contributed by atoms with van der Waals surface area (Å²) in [7, 11) is 0. The fraction of sp³-hybridized carbons (Fsp3) is 0.846. The molecule has 2 saturated carbocycles. The maximum Gasteiger partial charge on any atom is 0.107 e. The largest absolute Gasteiger partial charge is 0.394 e. The summed E-state index contributed by atoms with van der Waals surface area (Å²) in [4.78, 5) is 0. The third kappa shape index (κ3) is 3.10. The van der Waals surface area contributed by atoms with E-state index in [-0.39, 0.29) is 24.2 Å². The molecule has 4 aliphatic carbocycles. The van der Waals surface area contributed by atoms with Crippen LogP contribution in [0.5, 0.6) is 0 Å². The lowest BCUT2D eigenvalue weighted by Crippen LogP contribution is -2.48. The zero-order valence-corrected chi connectivity index (χ0v) is 18.6. The summed E-state index contributed by atoms with van der Waals surface area (Å²) in [5.41, 5.74) is 4.03. The van der Waals surface area contributed by atoms with E-state index in [1.54, 1.807) is 11.1 Å². The van der Waals surface area contributed by atoms with Gasteiger partial charge in [0.15, 0.2) is 0 Å². The highest BCUT2D eigenvalue weighted by atomic mass is 16.6. The zero-order valence-electron chi connectivity index (χ0n) is 18.6. The van der Waals surface area contributed by atoms with E-state index < -0.39 is 0 Å². The maximum absolute atomic E-state index is 10.4. The van der Waals surface area contributed by atoms with Gasteiger partial charge in [0.05, 0.1) is 18.8 Å². The molecule has 0 spiro atoms. The lowest BCUT2D eigenvalue weighted by atomic mass is 9.50. The van der Waals surface area contributed by atoms with Gasteiger partial charge in [-0.2, -0.15) is 0 Å². The predicted octanol–water partition coefficient (Wildman–Crippen LogP) is 5.02. The topological polar surface area (TPSA) is 53.0 Å². The second-order valence-corrected chi connectivity index (χ2v) is 11.4. The smallest absolute Gasteiger partial charge is 0.107 e. The van der Waals surface area contributed by atoms with Crippen LogP contribution in [0.15, 0.2) is 23.3 Å². The van der Waals surface area contributed by atoms with E-state index in [2.05, 4.69) is 32.9 Å². The van der Waals surface area contributed by atoms with Gasteiger partial charge in [0.25, 0.3) is 0 Å². The summed E-state index contributed by atoms with van der Waals surface area (Å²) < 4.78 is 5.52. The molecule has 0 amide bonds. The van der Waals surface area contributed by atoms with Crippen LogP contribution >= 0.6 is 0 Å². The molecule has 0 aromatic heterocycles. The first-order valence-electron chi connectivity index (χ1n) is 12.2. The lowest BCUT2D eigenvalue weighted by molar-refractivity contribution is -0.0202. The Bertz CT molecular complexity index is 711. The predicted molar refractivity (Wildman–Crippen MR) is 115 cm³/mol. The molecule has 3 heteroatoms. The number of rotatable bonds is 5. The van der Waals surface area contributed by atoms with Crippen molar-refractivity contribution in [1.82, 2.24) is 0 Å². The van der Waals surface area contributed by atoms with Crippen molar-refractivity contribution in [3.05, 3.63) is 23.3 Å². The molecule has 3 fully saturated rings.